The van der Waals surface area contributed by atoms with Crippen LogP contribution in [0, 0.1) is 18.6 Å². The van der Waals surface area contributed by atoms with E-state index in [-0.39, 0.29) is 11.4 Å². The smallest absolute Gasteiger partial charge is 0.144 e. The number of rotatable bonds is 4. The van der Waals surface area contributed by atoms with E-state index in [2.05, 4.69) is 21.0 Å². The lowest BCUT2D eigenvalue weighted by Gasteiger charge is -2.08. The zero-order valence-electron chi connectivity index (χ0n) is 11.5. The van der Waals surface area contributed by atoms with Crippen molar-refractivity contribution in [2.75, 3.05) is 5.73 Å². The van der Waals surface area contributed by atoms with E-state index >= 15 is 0 Å². The van der Waals surface area contributed by atoms with Crippen LogP contribution in [-0.2, 0) is 23.1 Å². The summed E-state index contributed by atoms with van der Waals surface area (Å²) in [7, 11) is -1.87. The maximum absolute atomic E-state index is 13.8. The number of benzene rings is 1. The molecule has 1 aromatic carbocycles. The standard InChI is InChI=1S/C13H14BrF2N3OS/c1-3-19-11(12(14)7(2)18-19)6-21(20)13-9(15)4-8(17)5-10(13)16/h4-5H,3,6,17H2,1-2H3. The molecule has 1 aromatic heterocycles. The molecule has 8 heteroatoms. The Morgan fingerprint density at radius 3 is 2.48 bits per heavy atom. The van der Waals surface area contributed by atoms with Crippen molar-refractivity contribution in [1.29, 1.82) is 0 Å². The monoisotopic (exact) mass is 377 g/mol. The van der Waals surface area contributed by atoms with Gasteiger partial charge in [0, 0.05) is 12.2 Å². The van der Waals surface area contributed by atoms with E-state index in [0.29, 0.717) is 16.7 Å². The third kappa shape index (κ3) is 3.16. The molecule has 0 aliphatic carbocycles. The highest BCUT2D eigenvalue weighted by Crippen LogP contribution is 2.27. The molecule has 0 amide bonds. The van der Waals surface area contributed by atoms with Gasteiger partial charge in [0.2, 0.25) is 0 Å². The van der Waals surface area contributed by atoms with Gasteiger partial charge in [-0.2, -0.15) is 5.10 Å². The van der Waals surface area contributed by atoms with Crippen molar-refractivity contribution in [2.45, 2.75) is 31.0 Å². The summed E-state index contributed by atoms with van der Waals surface area (Å²) >= 11 is 3.37. The molecule has 2 rings (SSSR count). The zero-order chi connectivity index (χ0) is 15.7. The number of aryl methyl sites for hydroxylation is 2. The third-order valence-electron chi connectivity index (χ3n) is 2.97. The van der Waals surface area contributed by atoms with Crippen LogP contribution in [-0.4, -0.2) is 14.0 Å². The average molecular weight is 378 g/mol. The third-order valence-corrected chi connectivity index (χ3v) is 5.38. The van der Waals surface area contributed by atoms with Gasteiger partial charge in [-0.25, -0.2) is 8.78 Å². The fourth-order valence-corrected chi connectivity index (χ4v) is 3.85. The normalized spacial score (nSPS) is 12.6. The van der Waals surface area contributed by atoms with E-state index in [4.69, 9.17) is 5.73 Å². The molecular weight excluding hydrogens is 364 g/mol. The van der Waals surface area contributed by atoms with E-state index in [0.717, 1.165) is 17.8 Å². The number of aromatic nitrogens is 2. The lowest BCUT2D eigenvalue weighted by Crippen LogP contribution is -2.09. The molecule has 114 valence electrons. The Kier molecular flexibility index (Phi) is 4.77. The minimum Gasteiger partial charge on any atom is -0.399 e. The first-order chi connectivity index (χ1) is 9.85. The van der Waals surface area contributed by atoms with Crippen molar-refractivity contribution in [3.8, 4) is 0 Å². The van der Waals surface area contributed by atoms with Gasteiger partial charge < -0.3 is 5.73 Å². The van der Waals surface area contributed by atoms with Crippen molar-refractivity contribution in [3.05, 3.63) is 39.6 Å². The summed E-state index contributed by atoms with van der Waals surface area (Å²) in [6.07, 6.45) is 0. The van der Waals surface area contributed by atoms with E-state index in [1.807, 2.05) is 6.92 Å². The highest BCUT2D eigenvalue weighted by atomic mass is 79.9. The number of hydrogen-bond donors (Lipinski definition) is 1. The number of nitrogens with two attached hydrogens (primary N) is 1. The number of hydrogen-bond acceptors (Lipinski definition) is 3. The number of nitrogens with zero attached hydrogens (tertiary/aromatic N) is 2. The quantitative estimate of drug-likeness (QED) is 0.832. The number of anilines is 1. The molecular formula is C13H14BrF2N3OS. The molecule has 0 bridgehead atoms. The minimum atomic E-state index is -1.87. The van der Waals surface area contributed by atoms with Crippen molar-refractivity contribution in [2.24, 2.45) is 0 Å². The highest BCUT2D eigenvalue weighted by Gasteiger charge is 2.21. The summed E-state index contributed by atoms with van der Waals surface area (Å²) in [4.78, 5) is -0.461. The highest BCUT2D eigenvalue weighted by molar-refractivity contribution is 9.10. The van der Waals surface area contributed by atoms with Gasteiger partial charge in [0.05, 0.1) is 32.4 Å². The first-order valence-corrected chi connectivity index (χ1v) is 8.31. The van der Waals surface area contributed by atoms with Gasteiger partial charge in [-0.15, -0.1) is 0 Å². The van der Waals surface area contributed by atoms with Crippen molar-refractivity contribution in [3.63, 3.8) is 0 Å². The Morgan fingerprint density at radius 2 is 1.95 bits per heavy atom. The Labute approximate surface area is 131 Å². The predicted octanol–water partition coefficient (Wildman–Crippen LogP) is 3.14. The molecule has 0 radical (unpaired) electrons. The van der Waals surface area contributed by atoms with Crippen molar-refractivity contribution in [1.82, 2.24) is 9.78 Å². The van der Waals surface area contributed by atoms with Crippen LogP contribution in [0.5, 0.6) is 0 Å². The second-order valence-corrected chi connectivity index (χ2v) is 6.65. The maximum atomic E-state index is 13.8. The van der Waals surface area contributed by atoms with Crippen LogP contribution in [0.25, 0.3) is 0 Å². The van der Waals surface area contributed by atoms with Crippen LogP contribution in [0.2, 0.25) is 0 Å². The first-order valence-electron chi connectivity index (χ1n) is 6.19. The topological polar surface area (TPSA) is 60.9 Å². The summed E-state index contributed by atoms with van der Waals surface area (Å²) in [5, 5.41) is 4.26. The van der Waals surface area contributed by atoms with Crippen LogP contribution < -0.4 is 5.73 Å². The van der Waals surface area contributed by atoms with Gasteiger partial charge in [0.15, 0.2) is 0 Å². The molecule has 0 saturated heterocycles. The molecule has 21 heavy (non-hydrogen) atoms. The van der Waals surface area contributed by atoms with E-state index in [1.54, 1.807) is 11.6 Å². The van der Waals surface area contributed by atoms with Gasteiger partial charge in [-0.05, 0) is 41.9 Å². The lowest BCUT2D eigenvalue weighted by atomic mass is 10.3. The second kappa shape index (κ2) is 6.23. The SMILES string of the molecule is CCn1nc(C)c(Br)c1CS(=O)c1c(F)cc(N)cc1F. The molecule has 0 fully saturated rings. The van der Waals surface area contributed by atoms with Crippen molar-refractivity contribution >= 4 is 32.4 Å². The van der Waals surface area contributed by atoms with Gasteiger partial charge >= 0.3 is 0 Å². The van der Waals surface area contributed by atoms with Crippen LogP contribution in [0.15, 0.2) is 21.5 Å². The fourth-order valence-electron chi connectivity index (χ4n) is 2.00. The van der Waals surface area contributed by atoms with Gasteiger partial charge in [0.25, 0.3) is 0 Å². The van der Waals surface area contributed by atoms with Crippen LogP contribution in [0.4, 0.5) is 14.5 Å². The van der Waals surface area contributed by atoms with E-state index in [1.165, 1.54) is 0 Å². The van der Waals surface area contributed by atoms with Crippen LogP contribution in [0.3, 0.4) is 0 Å². The molecule has 0 saturated carbocycles. The Morgan fingerprint density at radius 1 is 1.38 bits per heavy atom. The summed E-state index contributed by atoms with van der Waals surface area (Å²) < 4.78 is 42.3. The van der Waals surface area contributed by atoms with Crippen LogP contribution >= 0.6 is 15.9 Å². The summed E-state index contributed by atoms with van der Waals surface area (Å²) in [6, 6.07) is 1.93. The number of halogens is 3. The van der Waals surface area contributed by atoms with Gasteiger partial charge in [-0.3, -0.25) is 8.89 Å². The maximum Gasteiger partial charge on any atom is 0.144 e. The minimum absolute atomic E-state index is 0.0347. The predicted molar refractivity (Wildman–Crippen MR) is 81.2 cm³/mol. The van der Waals surface area contributed by atoms with Gasteiger partial charge in [-0.1, -0.05) is 0 Å². The Bertz CT molecular complexity index is 695. The Hall–Kier alpha value is -1.28. The molecule has 0 aliphatic heterocycles. The summed E-state index contributed by atoms with van der Waals surface area (Å²) in [5.74, 6) is -1.84. The molecule has 1 unspecified atom stereocenters. The molecule has 1 atom stereocenters. The molecule has 1 heterocycles. The number of nitrogen functional groups attached to an aromatic ring is 1. The van der Waals surface area contributed by atoms with E-state index in [9.17, 15) is 13.0 Å². The summed E-state index contributed by atoms with van der Waals surface area (Å²) in [6.45, 7) is 4.26. The van der Waals surface area contributed by atoms with Crippen molar-refractivity contribution < 1.29 is 13.0 Å². The largest absolute Gasteiger partial charge is 0.399 e. The zero-order valence-corrected chi connectivity index (χ0v) is 13.9. The molecule has 2 aromatic rings. The summed E-state index contributed by atoms with van der Waals surface area (Å²) in [5.41, 5.74) is 6.69. The molecule has 0 aliphatic rings. The Balaban J connectivity index is 2.40. The fraction of sp³-hybridized carbons (Fsp3) is 0.308. The molecule has 2 N–H and O–H groups in total. The molecule has 4 nitrogen and oxygen atoms in total. The molecule has 0 spiro atoms. The lowest BCUT2D eigenvalue weighted by molar-refractivity contribution is 0.535. The second-order valence-electron chi connectivity index (χ2n) is 4.47. The van der Waals surface area contributed by atoms with Gasteiger partial charge in [0.1, 0.15) is 16.5 Å². The first kappa shape index (κ1) is 16.1. The van der Waals surface area contributed by atoms with E-state index < -0.39 is 27.3 Å². The van der Waals surface area contributed by atoms with Crippen LogP contribution in [0.1, 0.15) is 18.3 Å². The average Bonchev–Trinajstić information content (AvgIpc) is 2.65.